The molecule has 2 aromatic rings. The Morgan fingerprint density at radius 2 is 2.00 bits per heavy atom. The van der Waals surface area contributed by atoms with E-state index in [2.05, 4.69) is 25.9 Å². The smallest absolute Gasteiger partial charge is 0.269 e. The summed E-state index contributed by atoms with van der Waals surface area (Å²) in [5.74, 6) is -2.56. The van der Waals surface area contributed by atoms with Crippen molar-refractivity contribution in [2.45, 2.75) is 12.0 Å². The van der Waals surface area contributed by atoms with E-state index < -0.39 is 41.5 Å². The van der Waals surface area contributed by atoms with Crippen LogP contribution >= 0.6 is 15.9 Å². The van der Waals surface area contributed by atoms with Crippen LogP contribution in [0.15, 0.2) is 46.1 Å². The fourth-order valence-corrected chi connectivity index (χ4v) is 2.49. The molecule has 0 saturated heterocycles. The van der Waals surface area contributed by atoms with Gasteiger partial charge < -0.3 is 16.2 Å². The van der Waals surface area contributed by atoms with Crippen molar-refractivity contribution >= 4 is 27.5 Å². The minimum absolute atomic E-state index is 0.134. The molecule has 1 unspecified atom stereocenters. The molecule has 0 bridgehead atoms. The Hall–Kier alpha value is -2.20. The highest BCUT2D eigenvalue weighted by Gasteiger charge is 2.46. The lowest BCUT2D eigenvalue weighted by molar-refractivity contribution is -0.0146. The fraction of sp³-hybridized carbons (Fsp3) is 0.250. The monoisotopic (exact) mass is 433 g/mol. The largest absolute Gasteiger partial charge is 0.696 e. The highest BCUT2D eigenvalue weighted by Crippen LogP contribution is 2.38. The molecule has 0 amide bonds. The van der Waals surface area contributed by atoms with Gasteiger partial charge in [0.1, 0.15) is 24.1 Å². The topological polar surface area (TPSA) is 84.3 Å². The van der Waals surface area contributed by atoms with Gasteiger partial charge in [0.15, 0.2) is 5.54 Å². The molecule has 1 aromatic heterocycles. The maximum Gasteiger partial charge on any atom is 0.269 e. The summed E-state index contributed by atoms with van der Waals surface area (Å²) in [5.41, 5.74) is 8.96. The van der Waals surface area contributed by atoms with Crippen LogP contribution in [0.4, 0.5) is 23.2 Å². The van der Waals surface area contributed by atoms with Crippen LogP contribution in [0.2, 0.25) is 0 Å². The molecular formula is C16H14BrF4N4O-. The molecule has 0 radical (unpaired) electrons. The van der Waals surface area contributed by atoms with Crippen molar-refractivity contribution in [2.24, 2.45) is 10.7 Å². The van der Waals surface area contributed by atoms with Crippen molar-refractivity contribution in [3.63, 3.8) is 0 Å². The van der Waals surface area contributed by atoms with Gasteiger partial charge in [0, 0.05) is 28.5 Å². The molecule has 26 heavy (non-hydrogen) atoms. The zero-order valence-electron chi connectivity index (χ0n) is 13.2. The SMILES string of the molecule is Brc1cccnc1.[NH-]c1cc(C2(C(F)F)COCC(N)=N2)c(F)cc1F. The normalized spacial score (nSPS) is 19.5. The molecule has 10 heteroatoms. The van der Waals surface area contributed by atoms with Gasteiger partial charge in [-0.2, -0.15) is 0 Å². The molecule has 1 aliphatic heterocycles. The van der Waals surface area contributed by atoms with Crippen molar-refractivity contribution in [3.8, 4) is 0 Å². The van der Waals surface area contributed by atoms with Crippen LogP contribution in [0.3, 0.4) is 0 Å². The van der Waals surface area contributed by atoms with E-state index in [9.17, 15) is 17.6 Å². The standard InChI is InChI=1S/C11H10F4N3O.C5H4BrN/c12-6-2-7(13)8(16)1-5(6)11(10(14)15)4-19-3-9(17)18-11;6-5-2-1-3-7-4-5/h1-2,10,16H,3-4H2,(H2,17,18);1-4H/q-1;. The molecule has 0 aliphatic carbocycles. The number of aromatic nitrogens is 1. The highest BCUT2D eigenvalue weighted by molar-refractivity contribution is 9.10. The lowest BCUT2D eigenvalue weighted by Crippen LogP contribution is -2.45. The predicted octanol–water partition coefficient (Wildman–Crippen LogP) is 4.34. The number of benzene rings is 1. The molecular weight excluding hydrogens is 420 g/mol. The molecule has 1 aliphatic rings. The molecule has 3 N–H and O–H groups in total. The van der Waals surface area contributed by atoms with Crippen molar-refractivity contribution < 1.29 is 22.3 Å². The summed E-state index contributed by atoms with van der Waals surface area (Å²) in [6, 6.07) is 4.88. The summed E-state index contributed by atoms with van der Waals surface area (Å²) in [7, 11) is 0. The van der Waals surface area contributed by atoms with Gasteiger partial charge >= 0.3 is 0 Å². The summed E-state index contributed by atoms with van der Waals surface area (Å²) in [6.07, 6.45) is 0.385. The number of amidine groups is 1. The number of halogens is 5. The van der Waals surface area contributed by atoms with Gasteiger partial charge in [-0.3, -0.25) is 9.98 Å². The van der Waals surface area contributed by atoms with Crippen LogP contribution in [0.1, 0.15) is 5.56 Å². The summed E-state index contributed by atoms with van der Waals surface area (Å²) >= 11 is 3.25. The van der Waals surface area contributed by atoms with Crippen LogP contribution in [-0.4, -0.2) is 30.5 Å². The summed E-state index contributed by atoms with van der Waals surface area (Å²) in [5, 5.41) is 0. The van der Waals surface area contributed by atoms with E-state index in [4.69, 9.17) is 16.2 Å². The van der Waals surface area contributed by atoms with E-state index in [-0.39, 0.29) is 12.4 Å². The highest BCUT2D eigenvalue weighted by atomic mass is 79.9. The van der Waals surface area contributed by atoms with Crippen LogP contribution < -0.4 is 5.73 Å². The average molecular weight is 434 g/mol. The van der Waals surface area contributed by atoms with Crippen LogP contribution in [0, 0.1) is 11.6 Å². The molecule has 3 rings (SSSR count). The molecule has 2 heterocycles. The van der Waals surface area contributed by atoms with Crippen molar-refractivity contribution in [1.82, 2.24) is 4.98 Å². The molecule has 0 saturated carbocycles. The summed E-state index contributed by atoms with van der Waals surface area (Å²) < 4.78 is 59.2. The maximum absolute atomic E-state index is 13.7. The second kappa shape index (κ2) is 8.45. The minimum atomic E-state index is -3.11. The van der Waals surface area contributed by atoms with Gasteiger partial charge in [0.2, 0.25) is 0 Å². The number of nitrogens with two attached hydrogens (primary N) is 1. The van der Waals surface area contributed by atoms with Gasteiger partial charge in [0.05, 0.1) is 6.61 Å². The quantitative estimate of drug-likeness (QED) is 0.714. The summed E-state index contributed by atoms with van der Waals surface area (Å²) in [6.45, 7) is -0.724. The number of hydrogen-bond donors (Lipinski definition) is 1. The Kier molecular flexibility index (Phi) is 6.54. The van der Waals surface area contributed by atoms with Gasteiger partial charge in [-0.1, -0.05) is 6.07 Å². The van der Waals surface area contributed by atoms with Crippen molar-refractivity contribution in [1.29, 1.82) is 0 Å². The lowest BCUT2D eigenvalue weighted by atomic mass is 9.90. The number of aliphatic imine (C=N–C) groups is 1. The zero-order chi connectivity index (χ0) is 19.3. The van der Waals surface area contributed by atoms with E-state index >= 15 is 0 Å². The molecule has 5 nitrogen and oxygen atoms in total. The van der Waals surface area contributed by atoms with Crippen LogP contribution in [0.5, 0.6) is 0 Å². The first kappa shape index (κ1) is 20.1. The van der Waals surface area contributed by atoms with Crippen molar-refractivity contribution in [2.75, 3.05) is 13.2 Å². The van der Waals surface area contributed by atoms with E-state index in [1.54, 1.807) is 12.4 Å². The number of alkyl halides is 2. The van der Waals surface area contributed by atoms with E-state index in [0.717, 1.165) is 4.47 Å². The first-order valence-corrected chi connectivity index (χ1v) is 8.02. The maximum atomic E-state index is 13.7. The number of pyridine rings is 1. The summed E-state index contributed by atoms with van der Waals surface area (Å²) in [4.78, 5) is 7.43. The third-order valence-corrected chi connectivity index (χ3v) is 3.89. The van der Waals surface area contributed by atoms with E-state index in [1.165, 1.54) is 0 Å². The van der Waals surface area contributed by atoms with Crippen LogP contribution in [0.25, 0.3) is 5.73 Å². The minimum Gasteiger partial charge on any atom is -0.696 e. The average Bonchev–Trinajstić information content (AvgIpc) is 2.59. The molecule has 140 valence electrons. The Morgan fingerprint density at radius 3 is 2.50 bits per heavy atom. The molecule has 1 atom stereocenters. The number of nitrogens with one attached hydrogen (secondary N) is 1. The Morgan fingerprint density at radius 1 is 1.27 bits per heavy atom. The van der Waals surface area contributed by atoms with Gasteiger partial charge in [0.25, 0.3) is 6.43 Å². The van der Waals surface area contributed by atoms with Gasteiger partial charge in [-0.25, -0.2) is 17.6 Å². The number of rotatable bonds is 2. The second-order valence-corrected chi connectivity index (χ2v) is 6.22. The number of hydrogen-bond acceptors (Lipinski definition) is 4. The van der Waals surface area contributed by atoms with Gasteiger partial charge in [-0.05, 0) is 28.1 Å². The Labute approximate surface area is 155 Å². The number of nitrogens with zero attached hydrogens (tertiary/aromatic N) is 2. The Balaban J connectivity index is 0.000000290. The van der Waals surface area contributed by atoms with E-state index in [0.29, 0.717) is 12.1 Å². The zero-order valence-corrected chi connectivity index (χ0v) is 14.8. The molecule has 1 aromatic carbocycles. The molecule has 0 fully saturated rings. The van der Waals surface area contributed by atoms with Crippen LogP contribution in [-0.2, 0) is 10.3 Å². The van der Waals surface area contributed by atoms with E-state index in [1.807, 2.05) is 12.1 Å². The first-order chi connectivity index (χ1) is 12.3. The Bertz CT molecular complexity index is 791. The third-order valence-electron chi connectivity index (χ3n) is 3.42. The van der Waals surface area contributed by atoms with Crippen molar-refractivity contribution in [3.05, 3.63) is 64.1 Å². The molecule has 0 spiro atoms. The number of ether oxygens (including phenoxy) is 1. The second-order valence-electron chi connectivity index (χ2n) is 5.30. The third kappa shape index (κ3) is 4.50. The fourth-order valence-electron chi connectivity index (χ4n) is 2.22. The lowest BCUT2D eigenvalue weighted by Gasteiger charge is -2.33. The van der Waals surface area contributed by atoms with Gasteiger partial charge in [-0.15, -0.1) is 5.69 Å². The first-order valence-electron chi connectivity index (χ1n) is 7.23. The predicted molar refractivity (Wildman–Crippen MR) is 92.4 cm³/mol.